The van der Waals surface area contributed by atoms with E-state index in [-0.39, 0.29) is 11.0 Å². The van der Waals surface area contributed by atoms with Gasteiger partial charge in [0.1, 0.15) is 0 Å². The van der Waals surface area contributed by atoms with Crippen molar-refractivity contribution in [2.75, 3.05) is 0 Å². The lowest BCUT2D eigenvalue weighted by atomic mass is 9.61. The summed E-state index contributed by atoms with van der Waals surface area (Å²) in [6.07, 6.45) is 3.78. The van der Waals surface area contributed by atoms with E-state index < -0.39 is 0 Å². The first-order chi connectivity index (χ1) is 7.92. The molecule has 0 radical (unpaired) electrons. The summed E-state index contributed by atoms with van der Waals surface area (Å²) in [5.74, 6) is 0.790. The van der Waals surface area contributed by atoms with Crippen LogP contribution in [0.2, 0.25) is 0 Å². The molecular weight excluding hydrogens is 206 g/mol. The van der Waals surface area contributed by atoms with Gasteiger partial charge in [-0.05, 0) is 41.6 Å². The van der Waals surface area contributed by atoms with Gasteiger partial charge in [0.15, 0.2) is 0 Å². The number of nitrogens with two attached hydrogens (primary N) is 1. The SMILES string of the molecule is CC1(C)C2CCC1(C)C(N)(c1ccccc1)C2. The molecule has 0 amide bonds. The van der Waals surface area contributed by atoms with Crippen LogP contribution < -0.4 is 5.73 Å². The van der Waals surface area contributed by atoms with Gasteiger partial charge in [-0.1, -0.05) is 51.1 Å². The maximum atomic E-state index is 6.88. The number of hydrogen-bond donors (Lipinski definition) is 1. The zero-order valence-electron chi connectivity index (χ0n) is 11.2. The van der Waals surface area contributed by atoms with Crippen LogP contribution in [0.5, 0.6) is 0 Å². The molecule has 2 fully saturated rings. The number of rotatable bonds is 1. The molecule has 2 saturated carbocycles. The van der Waals surface area contributed by atoms with E-state index in [9.17, 15) is 0 Å². The molecule has 3 rings (SSSR count). The first-order valence-electron chi connectivity index (χ1n) is 6.76. The third kappa shape index (κ3) is 1.14. The van der Waals surface area contributed by atoms with Crippen LogP contribution in [0.4, 0.5) is 0 Å². The third-order valence-electron chi connectivity index (χ3n) is 6.28. The summed E-state index contributed by atoms with van der Waals surface area (Å²) in [7, 11) is 0. The maximum Gasteiger partial charge on any atom is 0.0472 e. The van der Waals surface area contributed by atoms with Gasteiger partial charge in [0.2, 0.25) is 0 Å². The van der Waals surface area contributed by atoms with Crippen molar-refractivity contribution in [1.82, 2.24) is 0 Å². The second-order valence-electron chi connectivity index (χ2n) is 6.83. The first-order valence-corrected chi connectivity index (χ1v) is 6.76. The minimum Gasteiger partial charge on any atom is -0.321 e. The molecule has 1 nitrogen and oxygen atoms in total. The Morgan fingerprint density at radius 2 is 1.76 bits per heavy atom. The molecule has 3 atom stereocenters. The van der Waals surface area contributed by atoms with Crippen molar-refractivity contribution in [3.8, 4) is 0 Å². The van der Waals surface area contributed by atoms with Crippen LogP contribution in [-0.2, 0) is 5.54 Å². The Morgan fingerprint density at radius 1 is 1.12 bits per heavy atom. The Bertz CT molecular complexity index is 436. The highest BCUT2D eigenvalue weighted by Gasteiger charge is 2.67. The lowest BCUT2D eigenvalue weighted by Crippen LogP contribution is -2.51. The van der Waals surface area contributed by atoms with E-state index in [4.69, 9.17) is 5.73 Å². The zero-order valence-corrected chi connectivity index (χ0v) is 11.2. The van der Waals surface area contributed by atoms with Gasteiger partial charge >= 0.3 is 0 Å². The van der Waals surface area contributed by atoms with Crippen molar-refractivity contribution >= 4 is 0 Å². The summed E-state index contributed by atoms with van der Waals surface area (Å²) in [6, 6.07) is 10.7. The molecule has 0 heterocycles. The lowest BCUT2D eigenvalue weighted by molar-refractivity contribution is 0.0773. The smallest absolute Gasteiger partial charge is 0.0472 e. The van der Waals surface area contributed by atoms with Crippen LogP contribution in [0.15, 0.2) is 30.3 Å². The average molecular weight is 229 g/mol. The van der Waals surface area contributed by atoms with Crippen molar-refractivity contribution < 1.29 is 0 Å². The predicted octanol–water partition coefficient (Wildman–Crippen LogP) is 3.69. The standard InChI is InChI=1S/C16H23N/c1-14(2)13-9-10-15(14,3)16(17,11-13)12-7-5-4-6-8-12/h4-8,13H,9-11,17H2,1-3H3. The summed E-state index contributed by atoms with van der Waals surface area (Å²) in [5, 5.41) is 0. The molecule has 1 aromatic carbocycles. The molecular formula is C16H23N. The molecule has 2 bridgehead atoms. The van der Waals surface area contributed by atoms with E-state index in [2.05, 4.69) is 51.1 Å². The van der Waals surface area contributed by atoms with Crippen LogP contribution in [0, 0.1) is 16.7 Å². The highest BCUT2D eigenvalue weighted by Crippen LogP contribution is 2.71. The molecule has 0 aliphatic heterocycles. The van der Waals surface area contributed by atoms with Crippen LogP contribution in [0.1, 0.15) is 45.6 Å². The minimum atomic E-state index is -0.124. The molecule has 1 heteroatoms. The van der Waals surface area contributed by atoms with Crippen LogP contribution in [-0.4, -0.2) is 0 Å². The first kappa shape index (κ1) is 11.3. The van der Waals surface area contributed by atoms with Gasteiger partial charge in [0.05, 0.1) is 0 Å². The molecule has 17 heavy (non-hydrogen) atoms. The Balaban J connectivity index is 2.13. The molecule has 1 aromatic rings. The number of benzene rings is 1. The van der Waals surface area contributed by atoms with Gasteiger partial charge in [-0.3, -0.25) is 0 Å². The predicted molar refractivity (Wildman–Crippen MR) is 71.5 cm³/mol. The Hall–Kier alpha value is -0.820. The zero-order chi connectivity index (χ0) is 12.3. The normalized spacial score (nSPS) is 42.9. The fourth-order valence-electron chi connectivity index (χ4n) is 4.54. The van der Waals surface area contributed by atoms with Crippen LogP contribution in [0.3, 0.4) is 0 Å². The summed E-state index contributed by atoms with van der Waals surface area (Å²) < 4.78 is 0. The van der Waals surface area contributed by atoms with Crippen LogP contribution >= 0.6 is 0 Å². The van der Waals surface area contributed by atoms with E-state index in [0.29, 0.717) is 5.41 Å². The summed E-state index contributed by atoms with van der Waals surface area (Å²) in [4.78, 5) is 0. The van der Waals surface area contributed by atoms with Crippen molar-refractivity contribution in [2.24, 2.45) is 22.5 Å². The number of hydrogen-bond acceptors (Lipinski definition) is 1. The largest absolute Gasteiger partial charge is 0.321 e. The minimum absolute atomic E-state index is 0.124. The van der Waals surface area contributed by atoms with E-state index >= 15 is 0 Å². The van der Waals surface area contributed by atoms with E-state index in [1.165, 1.54) is 18.4 Å². The molecule has 92 valence electrons. The maximum absolute atomic E-state index is 6.88. The monoisotopic (exact) mass is 229 g/mol. The second-order valence-corrected chi connectivity index (χ2v) is 6.83. The van der Waals surface area contributed by atoms with Gasteiger partial charge in [0, 0.05) is 5.54 Å². The Kier molecular flexibility index (Phi) is 2.08. The van der Waals surface area contributed by atoms with E-state index in [1.807, 2.05) is 0 Å². The molecule has 2 aliphatic carbocycles. The van der Waals surface area contributed by atoms with Crippen molar-refractivity contribution in [2.45, 2.75) is 45.6 Å². The summed E-state index contributed by atoms with van der Waals surface area (Å²) in [6.45, 7) is 7.25. The van der Waals surface area contributed by atoms with Crippen molar-refractivity contribution in [3.63, 3.8) is 0 Å². The summed E-state index contributed by atoms with van der Waals surface area (Å²) in [5.41, 5.74) is 8.70. The number of fused-ring (bicyclic) bond motifs is 2. The van der Waals surface area contributed by atoms with Gasteiger partial charge in [-0.25, -0.2) is 0 Å². The van der Waals surface area contributed by atoms with Crippen molar-refractivity contribution in [3.05, 3.63) is 35.9 Å². The van der Waals surface area contributed by atoms with Crippen molar-refractivity contribution in [1.29, 1.82) is 0 Å². The Morgan fingerprint density at radius 3 is 2.24 bits per heavy atom. The second kappa shape index (κ2) is 3.14. The van der Waals surface area contributed by atoms with Gasteiger partial charge in [-0.15, -0.1) is 0 Å². The molecule has 3 unspecified atom stereocenters. The fraction of sp³-hybridized carbons (Fsp3) is 0.625. The molecule has 0 saturated heterocycles. The van der Waals surface area contributed by atoms with Gasteiger partial charge in [0.25, 0.3) is 0 Å². The lowest BCUT2D eigenvalue weighted by Gasteiger charge is -2.47. The van der Waals surface area contributed by atoms with Gasteiger partial charge < -0.3 is 5.73 Å². The topological polar surface area (TPSA) is 26.0 Å². The fourth-order valence-corrected chi connectivity index (χ4v) is 4.54. The highest BCUT2D eigenvalue weighted by atomic mass is 14.9. The molecule has 2 aliphatic rings. The quantitative estimate of drug-likeness (QED) is 0.781. The molecule has 2 N–H and O–H groups in total. The highest BCUT2D eigenvalue weighted by molar-refractivity contribution is 5.33. The van der Waals surface area contributed by atoms with E-state index in [0.717, 1.165) is 12.3 Å². The molecule has 0 spiro atoms. The van der Waals surface area contributed by atoms with E-state index in [1.54, 1.807) is 0 Å². The summed E-state index contributed by atoms with van der Waals surface area (Å²) >= 11 is 0. The average Bonchev–Trinajstić information content (AvgIpc) is 2.62. The third-order valence-corrected chi connectivity index (χ3v) is 6.28. The Labute approximate surface area is 104 Å². The van der Waals surface area contributed by atoms with Crippen LogP contribution in [0.25, 0.3) is 0 Å². The molecule has 0 aromatic heterocycles. The van der Waals surface area contributed by atoms with Gasteiger partial charge in [-0.2, -0.15) is 0 Å².